The van der Waals surface area contributed by atoms with Crippen molar-refractivity contribution in [1.82, 2.24) is 19.9 Å². The molecule has 4 rings (SSSR count). The Labute approximate surface area is 129 Å². The monoisotopic (exact) mass is 346 g/mol. The first kappa shape index (κ1) is 13.0. The number of benzene rings is 1. The van der Waals surface area contributed by atoms with Crippen molar-refractivity contribution < 1.29 is 0 Å². The van der Waals surface area contributed by atoms with Crippen molar-refractivity contribution in [2.75, 3.05) is 13.1 Å². The molecule has 0 bridgehead atoms. The molecule has 1 saturated heterocycles. The summed E-state index contributed by atoms with van der Waals surface area (Å²) in [5.41, 5.74) is 2.64. The summed E-state index contributed by atoms with van der Waals surface area (Å²) in [4.78, 5) is 15.0. The first-order chi connectivity index (χ1) is 10.2. The second-order valence-electron chi connectivity index (χ2n) is 5.50. The number of rotatable bonds is 1. The molecule has 0 atom stereocenters. The topological polar surface area (TPSA) is 62.2 Å². The van der Waals surface area contributed by atoms with E-state index in [9.17, 15) is 4.79 Å². The third-order valence-electron chi connectivity index (χ3n) is 4.16. The Balaban J connectivity index is 2.02. The SMILES string of the molecule is O=c1cc(C2CCNCC2)n2nc3ccc(Br)cc3c2[nH]1. The van der Waals surface area contributed by atoms with Gasteiger partial charge in [-0.05, 0) is 44.1 Å². The van der Waals surface area contributed by atoms with E-state index in [-0.39, 0.29) is 5.56 Å². The zero-order valence-electron chi connectivity index (χ0n) is 11.4. The van der Waals surface area contributed by atoms with Gasteiger partial charge >= 0.3 is 0 Å². The van der Waals surface area contributed by atoms with E-state index in [4.69, 9.17) is 0 Å². The molecule has 2 N–H and O–H groups in total. The molecule has 0 radical (unpaired) electrons. The van der Waals surface area contributed by atoms with Crippen LogP contribution in [0.5, 0.6) is 0 Å². The second-order valence-corrected chi connectivity index (χ2v) is 6.42. The van der Waals surface area contributed by atoms with Gasteiger partial charge in [-0.15, -0.1) is 0 Å². The maximum atomic E-state index is 12.0. The summed E-state index contributed by atoms with van der Waals surface area (Å²) in [5, 5.41) is 9.01. The fraction of sp³-hybridized carbons (Fsp3) is 0.333. The number of nitrogens with zero attached hydrogens (tertiary/aromatic N) is 2. The third-order valence-corrected chi connectivity index (χ3v) is 4.65. The van der Waals surface area contributed by atoms with Gasteiger partial charge in [-0.2, -0.15) is 5.10 Å². The lowest BCUT2D eigenvalue weighted by molar-refractivity contribution is 0.446. The fourth-order valence-electron chi connectivity index (χ4n) is 3.12. The summed E-state index contributed by atoms with van der Waals surface area (Å²) in [6.45, 7) is 1.98. The summed E-state index contributed by atoms with van der Waals surface area (Å²) >= 11 is 3.48. The standard InChI is InChI=1S/C15H15BrN4O/c16-10-1-2-12-11(7-10)15-18-14(21)8-13(20(15)19-12)9-3-5-17-6-4-9/h1-2,7-9,17H,3-6H2,(H,18,21). The van der Waals surface area contributed by atoms with Gasteiger partial charge in [-0.3, -0.25) is 4.79 Å². The van der Waals surface area contributed by atoms with Crippen LogP contribution in [0.25, 0.3) is 16.6 Å². The molecule has 21 heavy (non-hydrogen) atoms. The van der Waals surface area contributed by atoms with Crippen LogP contribution in [0.3, 0.4) is 0 Å². The Hall–Kier alpha value is -1.66. The number of piperidine rings is 1. The molecule has 0 unspecified atom stereocenters. The maximum Gasteiger partial charge on any atom is 0.251 e. The smallest absolute Gasteiger partial charge is 0.251 e. The molecule has 3 heterocycles. The number of fused-ring (bicyclic) bond motifs is 3. The molecule has 3 aromatic rings. The Kier molecular flexibility index (Phi) is 3.08. The molecule has 6 heteroatoms. The fourth-order valence-corrected chi connectivity index (χ4v) is 3.48. The number of halogens is 1. The molecule has 1 aromatic carbocycles. The lowest BCUT2D eigenvalue weighted by atomic mass is 9.94. The van der Waals surface area contributed by atoms with Gasteiger partial charge in [0.15, 0.2) is 0 Å². The molecule has 5 nitrogen and oxygen atoms in total. The predicted octanol–water partition coefficient (Wildman–Crippen LogP) is 2.41. The van der Waals surface area contributed by atoms with E-state index >= 15 is 0 Å². The van der Waals surface area contributed by atoms with Crippen LogP contribution in [0.2, 0.25) is 0 Å². The quantitative estimate of drug-likeness (QED) is 0.711. The zero-order valence-corrected chi connectivity index (χ0v) is 13.0. The van der Waals surface area contributed by atoms with E-state index in [1.54, 1.807) is 6.07 Å². The van der Waals surface area contributed by atoms with Crippen molar-refractivity contribution in [2.45, 2.75) is 18.8 Å². The molecular formula is C15H15BrN4O. The predicted molar refractivity (Wildman–Crippen MR) is 85.9 cm³/mol. The van der Waals surface area contributed by atoms with Crippen molar-refractivity contribution in [3.05, 3.63) is 44.8 Å². The number of hydrogen-bond donors (Lipinski definition) is 2. The lowest BCUT2D eigenvalue weighted by Gasteiger charge is -2.23. The van der Waals surface area contributed by atoms with Gasteiger partial charge in [0.25, 0.3) is 5.56 Å². The van der Waals surface area contributed by atoms with E-state index in [1.165, 1.54) is 0 Å². The van der Waals surface area contributed by atoms with Crippen LogP contribution in [0, 0.1) is 0 Å². The van der Waals surface area contributed by atoms with Crippen LogP contribution in [-0.4, -0.2) is 27.7 Å². The number of aromatic nitrogens is 3. The zero-order chi connectivity index (χ0) is 14.4. The van der Waals surface area contributed by atoms with Crippen molar-refractivity contribution in [2.24, 2.45) is 0 Å². The summed E-state index contributed by atoms with van der Waals surface area (Å²) in [6, 6.07) is 7.64. The maximum absolute atomic E-state index is 12.0. The van der Waals surface area contributed by atoms with Crippen molar-refractivity contribution in [1.29, 1.82) is 0 Å². The van der Waals surface area contributed by atoms with Gasteiger partial charge in [0.2, 0.25) is 0 Å². The van der Waals surface area contributed by atoms with Crippen molar-refractivity contribution >= 4 is 32.5 Å². The summed E-state index contributed by atoms with van der Waals surface area (Å²) in [6.07, 6.45) is 2.08. The minimum absolute atomic E-state index is 0.0576. The highest BCUT2D eigenvalue weighted by Gasteiger charge is 2.20. The average molecular weight is 347 g/mol. The van der Waals surface area contributed by atoms with Crippen LogP contribution in [0.4, 0.5) is 0 Å². The normalized spacial score (nSPS) is 16.8. The van der Waals surface area contributed by atoms with Gasteiger partial charge in [0.1, 0.15) is 5.65 Å². The van der Waals surface area contributed by atoms with E-state index < -0.39 is 0 Å². The number of nitrogens with one attached hydrogen (secondary N) is 2. The van der Waals surface area contributed by atoms with Crippen molar-refractivity contribution in [3.8, 4) is 0 Å². The van der Waals surface area contributed by atoms with Crippen molar-refractivity contribution in [3.63, 3.8) is 0 Å². The van der Waals surface area contributed by atoms with Crippen LogP contribution < -0.4 is 10.9 Å². The molecule has 0 aliphatic carbocycles. The summed E-state index contributed by atoms with van der Waals surface area (Å²) < 4.78 is 2.90. The van der Waals surface area contributed by atoms with Gasteiger partial charge in [-0.1, -0.05) is 15.9 Å². The van der Waals surface area contributed by atoms with Gasteiger partial charge in [0.05, 0.1) is 11.2 Å². The molecule has 2 aromatic heterocycles. The van der Waals surface area contributed by atoms with Gasteiger partial charge in [-0.25, -0.2) is 4.52 Å². The van der Waals surface area contributed by atoms with E-state index in [0.717, 1.165) is 52.6 Å². The number of H-pyrrole nitrogens is 1. The van der Waals surface area contributed by atoms with E-state index in [1.807, 2.05) is 22.7 Å². The van der Waals surface area contributed by atoms with Crippen LogP contribution in [0.15, 0.2) is 33.5 Å². The van der Waals surface area contributed by atoms with E-state index in [0.29, 0.717) is 5.92 Å². The first-order valence-corrected chi connectivity index (χ1v) is 7.93. The Morgan fingerprint density at radius 1 is 1.24 bits per heavy atom. The molecule has 0 saturated carbocycles. The highest BCUT2D eigenvalue weighted by Crippen LogP contribution is 2.27. The van der Waals surface area contributed by atoms with Gasteiger partial charge in [0, 0.05) is 21.8 Å². The Bertz CT molecular complexity index is 876. The average Bonchev–Trinajstić information content (AvgIpc) is 2.85. The number of aromatic amines is 1. The third kappa shape index (κ3) is 2.18. The highest BCUT2D eigenvalue weighted by molar-refractivity contribution is 9.10. The minimum Gasteiger partial charge on any atom is -0.317 e. The number of hydrogen-bond acceptors (Lipinski definition) is 3. The molecule has 1 aliphatic heterocycles. The molecular weight excluding hydrogens is 332 g/mol. The highest BCUT2D eigenvalue weighted by atomic mass is 79.9. The van der Waals surface area contributed by atoms with Crippen LogP contribution >= 0.6 is 15.9 Å². The summed E-state index contributed by atoms with van der Waals surface area (Å²) in [5.74, 6) is 0.383. The lowest BCUT2D eigenvalue weighted by Crippen LogP contribution is -2.28. The molecule has 1 aliphatic rings. The van der Waals surface area contributed by atoms with Gasteiger partial charge < -0.3 is 10.3 Å². The van der Waals surface area contributed by atoms with Crippen LogP contribution in [0.1, 0.15) is 24.5 Å². The summed E-state index contributed by atoms with van der Waals surface area (Å²) in [7, 11) is 0. The second kappa shape index (κ2) is 4.96. The first-order valence-electron chi connectivity index (χ1n) is 7.14. The molecule has 108 valence electrons. The molecule has 1 fully saturated rings. The Morgan fingerprint density at radius 2 is 2.05 bits per heavy atom. The largest absolute Gasteiger partial charge is 0.317 e. The Morgan fingerprint density at radius 3 is 2.86 bits per heavy atom. The van der Waals surface area contributed by atoms with Crippen LogP contribution in [-0.2, 0) is 0 Å². The molecule has 0 amide bonds. The minimum atomic E-state index is -0.0576. The molecule has 0 spiro atoms. The van der Waals surface area contributed by atoms with E-state index in [2.05, 4.69) is 31.3 Å².